The van der Waals surface area contributed by atoms with E-state index in [0.29, 0.717) is 5.69 Å². The number of aromatic carboxylic acids is 1. The van der Waals surface area contributed by atoms with Crippen molar-refractivity contribution >= 4 is 66.9 Å². The van der Waals surface area contributed by atoms with Crippen molar-refractivity contribution in [3.63, 3.8) is 0 Å². The van der Waals surface area contributed by atoms with Crippen molar-refractivity contribution in [2.24, 2.45) is 23.7 Å². The zero-order chi connectivity index (χ0) is 23.6. The average molecular weight is 576 g/mol. The number of hydrogen-bond donors (Lipinski definition) is 2. The number of rotatable bonds is 4. The van der Waals surface area contributed by atoms with Crippen molar-refractivity contribution in [2.75, 3.05) is 10.2 Å². The summed E-state index contributed by atoms with van der Waals surface area (Å²) in [5, 5.41) is 12.0. The molecule has 170 valence electrons. The van der Waals surface area contributed by atoms with Crippen molar-refractivity contribution in [2.45, 2.75) is 23.0 Å². The van der Waals surface area contributed by atoms with Crippen molar-refractivity contribution in [3.8, 4) is 0 Å². The van der Waals surface area contributed by atoms with Crippen LogP contribution in [-0.4, -0.2) is 38.5 Å². The molecule has 2 saturated carbocycles. The Bertz CT molecular complexity index is 1170. The predicted molar refractivity (Wildman–Crippen MR) is 129 cm³/mol. The molecule has 0 spiro atoms. The number of nitrogens with zero attached hydrogens (tertiary/aromatic N) is 1. The first-order chi connectivity index (χ1) is 15.7. The highest BCUT2D eigenvalue weighted by Gasteiger charge is 2.66. The Balaban J connectivity index is 1.36. The van der Waals surface area contributed by atoms with Gasteiger partial charge >= 0.3 is 5.97 Å². The van der Waals surface area contributed by atoms with E-state index in [2.05, 4.69) is 37.2 Å². The summed E-state index contributed by atoms with van der Waals surface area (Å²) in [6, 6.07) is 10.9. The fourth-order valence-corrected chi connectivity index (χ4v) is 7.38. The van der Waals surface area contributed by atoms with Crippen molar-refractivity contribution < 1.29 is 24.3 Å². The highest BCUT2D eigenvalue weighted by molar-refractivity contribution is 9.12. The Labute approximate surface area is 206 Å². The fourth-order valence-electron chi connectivity index (χ4n) is 5.51. The van der Waals surface area contributed by atoms with Gasteiger partial charge in [-0.15, -0.1) is 0 Å². The van der Waals surface area contributed by atoms with Crippen molar-refractivity contribution in [1.82, 2.24) is 0 Å². The van der Waals surface area contributed by atoms with Crippen LogP contribution in [0.5, 0.6) is 0 Å². The molecule has 7 nitrogen and oxygen atoms in total. The average Bonchev–Trinajstić information content (AvgIpc) is 3.38. The summed E-state index contributed by atoms with van der Waals surface area (Å²) in [6.07, 6.45) is 0.864. The van der Waals surface area contributed by atoms with Crippen LogP contribution in [0.1, 0.15) is 32.7 Å². The molecule has 2 bridgehead atoms. The number of carbonyl (C=O) groups excluding carboxylic acids is 3. The van der Waals surface area contributed by atoms with E-state index in [1.54, 1.807) is 31.2 Å². The van der Waals surface area contributed by atoms with Gasteiger partial charge in [0.1, 0.15) is 0 Å². The monoisotopic (exact) mass is 574 g/mol. The molecule has 1 saturated heterocycles. The molecule has 0 unspecified atom stereocenters. The summed E-state index contributed by atoms with van der Waals surface area (Å²) in [6.45, 7) is 1.80. The van der Waals surface area contributed by atoms with E-state index < -0.39 is 11.9 Å². The van der Waals surface area contributed by atoms with Crippen LogP contribution in [0.3, 0.4) is 0 Å². The van der Waals surface area contributed by atoms with E-state index in [1.165, 1.54) is 23.1 Å². The van der Waals surface area contributed by atoms with Crippen LogP contribution >= 0.6 is 31.9 Å². The number of nitrogens with one attached hydrogen (secondary N) is 1. The summed E-state index contributed by atoms with van der Waals surface area (Å²) in [7, 11) is 0. The Morgan fingerprint density at radius 2 is 1.55 bits per heavy atom. The summed E-state index contributed by atoms with van der Waals surface area (Å²) in [5.41, 5.74) is 1.74. The number of carboxylic acids is 1. The van der Waals surface area contributed by atoms with Crippen molar-refractivity contribution in [3.05, 3.63) is 59.2 Å². The standard InChI is InChI=1S/C24H20Br2N2O5/c1-10-2-7-13(24(32)33)16(8-10)27-21(29)11-3-5-12(6-4-11)28-22(30)17-14-9-15(18(17)23(28)31)20(26)19(14)25/h2-8,14-15,17-20H,9H2,1H3,(H,27,29)(H,32,33)/t14-,15-,17-,18+,19-,20+/m1/s1. The molecule has 2 N–H and O–H groups in total. The van der Waals surface area contributed by atoms with Crippen LogP contribution in [0.2, 0.25) is 0 Å². The van der Waals surface area contributed by atoms with Crippen LogP contribution < -0.4 is 10.2 Å². The van der Waals surface area contributed by atoms with Crippen LogP contribution in [0.25, 0.3) is 0 Å². The molecule has 3 aliphatic rings. The molecule has 2 aromatic carbocycles. The van der Waals surface area contributed by atoms with E-state index >= 15 is 0 Å². The lowest BCUT2D eigenvalue weighted by Gasteiger charge is -2.28. The largest absolute Gasteiger partial charge is 0.478 e. The summed E-state index contributed by atoms with van der Waals surface area (Å²) >= 11 is 7.36. The molecule has 6 atom stereocenters. The van der Waals surface area contributed by atoms with Gasteiger partial charge in [-0.2, -0.15) is 0 Å². The van der Waals surface area contributed by atoms with Crippen molar-refractivity contribution in [1.29, 1.82) is 0 Å². The van der Waals surface area contributed by atoms with Crippen LogP contribution in [-0.2, 0) is 9.59 Å². The zero-order valence-corrected chi connectivity index (χ0v) is 20.7. The molecule has 2 aromatic rings. The summed E-state index contributed by atoms with van der Waals surface area (Å²) in [5.74, 6) is -2.31. The summed E-state index contributed by atoms with van der Waals surface area (Å²) < 4.78 is 0. The second kappa shape index (κ2) is 8.06. The van der Waals surface area contributed by atoms with Crippen LogP contribution in [0.15, 0.2) is 42.5 Å². The van der Waals surface area contributed by atoms with Gasteiger partial charge in [0.25, 0.3) is 5.91 Å². The van der Waals surface area contributed by atoms with Crippen LogP contribution in [0.4, 0.5) is 11.4 Å². The SMILES string of the molecule is Cc1ccc(C(=O)O)c(NC(=O)c2ccc(N3C(=O)[C@@H]4[C@H]5C[C@@H]([C@H](Br)[C@@H]5Br)[C@@H]4C3=O)cc2)c1. The number of imide groups is 1. The molecular formula is C24H20Br2N2O5. The molecule has 1 aliphatic heterocycles. The predicted octanol–water partition coefficient (Wildman–Crippen LogP) is 4.23. The van der Waals surface area contributed by atoms with Gasteiger partial charge in [0.15, 0.2) is 0 Å². The number of fused-ring (bicyclic) bond motifs is 5. The molecule has 1 heterocycles. The lowest BCUT2D eigenvalue weighted by molar-refractivity contribution is -0.123. The molecule has 2 aliphatic carbocycles. The van der Waals surface area contributed by atoms with Gasteiger partial charge < -0.3 is 10.4 Å². The lowest BCUT2D eigenvalue weighted by Crippen LogP contribution is -2.37. The number of benzene rings is 2. The van der Waals surface area contributed by atoms with E-state index in [1.807, 2.05) is 0 Å². The Morgan fingerprint density at radius 1 is 0.970 bits per heavy atom. The van der Waals surface area contributed by atoms with Gasteiger partial charge in [0, 0.05) is 15.2 Å². The second-order valence-electron chi connectivity index (χ2n) is 8.87. The molecular weight excluding hydrogens is 556 g/mol. The van der Waals surface area contributed by atoms with Gasteiger partial charge in [-0.25, -0.2) is 4.79 Å². The molecule has 5 rings (SSSR count). The minimum Gasteiger partial charge on any atom is -0.478 e. The Morgan fingerprint density at radius 3 is 2.09 bits per heavy atom. The highest BCUT2D eigenvalue weighted by atomic mass is 79.9. The van der Waals surface area contributed by atoms with Gasteiger partial charge in [0.2, 0.25) is 11.8 Å². The van der Waals surface area contributed by atoms with E-state index in [-0.39, 0.29) is 62.0 Å². The van der Waals surface area contributed by atoms with E-state index in [9.17, 15) is 24.3 Å². The number of hydrogen-bond acceptors (Lipinski definition) is 4. The number of aryl methyl sites for hydroxylation is 1. The molecule has 3 fully saturated rings. The maximum atomic E-state index is 13.2. The smallest absolute Gasteiger partial charge is 0.337 e. The maximum absolute atomic E-state index is 13.2. The maximum Gasteiger partial charge on any atom is 0.337 e. The highest BCUT2D eigenvalue weighted by Crippen LogP contribution is 2.60. The molecule has 3 amide bonds. The lowest BCUT2D eigenvalue weighted by atomic mass is 9.81. The molecule has 0 radical (unpaired) electrons. The Kier molecular flexibility index (Phi) is 5.44. The van der Waals surface area contributed by atoms with Gasteiger partial charge in [-0.1, -0.05) is 37.9 Å². The number of anilines is 2. The first-order valence-electron chi connectivity index (χ1n) is 10.6. The molecule has 0 aromatic heterocycles. The molecule has 33 heavy (non-hydrogen) atoms. The first kappa shape index (κ1) is 22.3. The fraction of sp³-hybridized carbons (Fsp3) is 0.333. The van der Waals surface area contributed by atoms with Gasteiger partial charge in [0.05, 0.1) is 28.8 Å². The zero-order valence-electron chi connectivity index (χ0n) is 17.5. The number of carboxylic acid groups (broad SMARTS) is 1. The second-order valence-corrected chi connectivity index (χ2v) is 11.0. The van der Waals surface area contributed by atoms with E-state index in [0.717, 1.165) is 12.0 Å². The minimum absolute atomic E-state index is 0.00445. The Hall–Kier alpha value is -2.52. The van der Waals surface area contributed by atoms with Gasteiger partial charge in [-0.3, -0.25) is 19.3 Å². The third-order valence-corrected chi connectivity index (χ3v) is 10.2. The topological polar surface area (TPSA) is 104 Å². The third kappa shape index (κ3) is 3.44. The number of amides is 3. The normalized spacial score (nSPS) is 30.0. The number of alkyl halides is 2. The third-order valence-electron chi connectivity index (χ3n) is 7.03. The quantitative estimate of drug-likeness (QED) is 0.419. The minimum atomic E-state index is -1.14. The molecule has 9 heteroatoms. The van der Waals surface area contributed by atoms with E-state index in [4.69, 9.17) is 0 Å². The number of carbonyl (C=O) groups is 4. The van der Waals surface area contributed by atoms with Gasteiger partial charge in [-0.05, 0) is 67.1 Å². The van der Waals surface area contributed by atoms with Crippen LogP contribution in [0, 0.1) is 30.6 Å². The summed E-state index contributed by atoms with van der Waals surface area (Å²) in [4.78, 5) is 52.1. The number of halogens is 2. The first-order valence-corrected chi connectivity index (χ1v) is 12.4.